The lowest BCUT2D eigenvalue weighted by Crippen LogP contribution is -2.33. The standard InChI is InChI=1S/C17H16ClF3N4O/c18-12-6-5-10(17(19,20)21)7-13(12)25-15-9-22-14(8-23-15)16(26)24-11-3-1-2-4-11/h5-9,11H,1-4H2,(H,23,25)(H,24,26). The molecule has 0 aliphatic heterocycles. The maximum Gasteiger partial charge on any atom is 0.416 e. The second kappa shape index (κ2) is 7.49. The molecule has 26 heavy (non-hydrogen) atoms. The van der Waals surface area contributed by atoms with Gasteiger partial charge in [-0.05, 0) is 31.0 Å². The molecule has 0 radical (unpaired) electrons. The molecule has 0 atom stereocenters. The highest BCUT2D eigenvalue weighted by molar-refractivity contribution is 6.33. The van der Waals surface area contributed by atoms with Crippen LogP contribution in [0.5, 0.6) is 0 Å². The molecule has 1 aromatic carbocycles. The van der Waals surface area contributed by atoms with E-state index in [0.717, 1.165) is 43.9 Å². The molecule has 0 saturated heterocycles. The Morgan fingerprint density at radius 1 is 1.15 bits per heavy atom. The van der Waals surface area contributed by atoms with Crippen LogP contribution in [0.25, 0.3) is 0 Å². The number of aromatic nitrogens is 2. The number of alkyl halides is 3. The first-order valence-electron chi connectivity index (χ1n) is 8.09. The molecule has 0 spiro atoms. The normalized spacial score (nSPS) is 15.1. The lowest BCUT2D eigenvalue weighted by Gasteiger charge is -2.13. The highest BCUT2D eigenvalue weighted by Crippen LogP contribution is 2.34. The lowest BCUT2D eigenvalue weighted by atomic mass is 10.2. The summed E-state index contributed by atoms with van der Waals surface area (Å²) in [6, 6.07) is 3.11. The fourth-order valence-corrected chi connectivity index (χ4v) is 2.94. The Kier molecular flexibility index (Phi) is 5.31. The molecule has 0 unspecified atom stereocenters. The maximum atomic E-state index is 12.8. The van der Waals surface area contributed by atoms with Crippen molar-refractivity contribution < 1.29 is 18.0 Å². The lowest BCUT2D eigenvalue weighted by molar-refractivity contribution is -0.137. The van der Waals surface area contributed by atoms with Gasteiger partial charge in [0.05, 0.1) is 28.7 Å². The molecule has 1 fully saturated rings. The maximum absolute atomic E-state index is 12.8. The molecule has 1 saturated carbocycles. The van der Waals surface area contributed by atoms with Gasteiger partial charge in [0, 0.05) is 6.04 Å². The van der Waals surface area contributed by atoms with Crippen molar-refractivity contribution in [2.24, 2.45) is 0 Å². The molecular formula is C17H16ClF3N4O. The number of nitrogens with one attached hydrogen (secondary N) is 2. The van der Waals surface area contributed by atoms with Crippen LogP contribution in [0.2, 0.25) is 5.02 Å². The van der Waals surface area contributed by atoms with E-state index in [4.69, 9.17) is 11.6 Å². The minimum absolute atomic E-state index is 0.0546. The van der Waals surface area contributed by atoms with E-state index in [1.54, 1.807) is 0 Å². The van der Waals surface area contributed by atoms with Crippen LogP contribution in [0.4, 0.5) is 24.7 Å². The van der Waals surface area contributed by atoms with Crippen molar-refractivity contribution in [3.05, 3.63) is 46.9 Å². The van der Waals surface area contributed by atoms with Crippen LogP contribution in [0, 0.1) is 0 Å². The summed E-state index contributed by atoms with van der Waals surface area (Å²) in [5, 5.41) is 5.69. The van der Waals surface area contributed by atoms with Crippen molar-refractivity contribution in [1.82, 2.24) is 15.3 Å². The summed E-state index contributed by atoms with van der Waals surface area (Å²) >= 11 is 5.93. The van der Waals surface area contributed by atoms with Crippen LogP contribution in [-0.2, 0) is 6.18 Å². The Balaban J connectivity index is 1.70. The molecule has 138 valence electrons. The fraction of sp³-hybridized carbons (Fsp3) is 0.353. The highest BCUT2D eigenvalue weighted by Gasteiger charge is 2.31. The topological polar surface area (TPSA) is 66.9 Å². The number of halogens is 4. The molecule has 9 heteroatoms. The van der Waals surface area contributed by atoms with E-state index in [1.807, 2.05) is 0 Å². The third kappa shape index (κ3) is 4.43. The van der Waals surface area contributed by atoms with Gasteiger partial charge in [0.15, 0.2) is 0 Å². The summed E-state index contributed by atoms with van der Waals surface area (Å²) in [6.07, 6.45) is 2.16. The Morgan fingerprint density at radius 2 is 1.88 bits per heavy atom. The largest absolute Gasteiger partial charge is 0.416 e. The quantitative estimate of drug-likeness (QED) is 0.810. The van der Waals surface area contributed by atoms with E-state index in [2.05, 4.69) is 20.6 Å². The molecule has 1 amide bonds. The van der Waals surface area contributed by atoms with Crippen LogP contribution < -0.4 is 10.6 Å². The van der Waals surface area contributed by atoms with E-state index < -0.39 is 11.7 Å². The van der Waals surface area contributed by atoms with Crippen molar-refractivity contribution in [3.8, 4) is 0 Å². The van der Waals surface area contributed by atoms with Crippen molar-refractivity contribution in [2.45, 2.75) is 37.9 Å². The Bertz CT molecular complexity index is 790. The SMILES string of the molecule is O=C(NC1CCCC1)c1cnc(Nc2cc(C(F)(F)F)ccc2Cl)cn1. The summed E-state index contributed by atoms with van der Waals surface area (Å²) in [7, 11) is 0. The fourth-order valence-electron chi connectivity index (χ4n) is 2.77. The first-order chi connectivity index (χ1) is 12.3. The van der Waals surface area contributed by atoms with Gasteiger partial charge >= 0.3 is 6.18 Å². The number of carbonyl (C=O) groups is 1. The van der Waals surface area contributed by atoms with Crippen molar-refractivity contribution >= 4 is 29.0 Å². The number of anilines is 2. The van der Waals surface area contributed by atoms with Crippen LogP contribution >= 0.6 is 11.6 Å². The van der Waals surface area contributed by atoms with Gasteiger partial charge in [-0.3, -0.25) is 4.79 Å². The first kappa shape index (κ1) is 18.4. The molecule has 2 aromatic rings. The monoisotopic (exact) mass is 384 g/mol. The zero-order valence-electron chi connectivity index (χ0n) is 13.6. The van der Waals surface area contributed by atoms with Crippen molar-refractivity contribution in [2.75, 3.05) is 5.32 Å². The molecular weight excluding hydrogens is 369 g/mol. The zero-order chi connectivity index (χ0) is 18.7. The smallest absolute Gasteiger partial charge is 0.348 e. The summed E-state index contributed by atoms with van der Waals surface area (Å²) in [4.78, 5) is 20.1. The summed E-state index contributed by atoms with van der Waals surface area (Å²) < 4.78 is 38.4. The minimum atomic E-state index is -4.48. The molecule has 2 N–H and O–H groups in total. The van der Waals surface area contributed by atoms with E-state index in [9.17, 15) is 18.0 Å². The second-order valence-corrected chi connectivity index (χ2v) is 6.47. The highest BCUT2D eigenvalue weighted by atomic mass is 35.5. The third-order valence-corrected chi connectivity index (χ3v) is 4.46. The van der Waals surface area contributed by atoms with E-state index in [-0.39, 0.29) is 34.2 Å². The average molecular weight is 385 g/mol. The number of hydrogen-bond donors (Lipinski definition) is 2. The number of hydrogen-bond acceptors (Lipinski definition) is 4. The van der Waals surface area contributed by atoms with E-state index in [0.29, 0.717) is 0 Å². The van der Waals surface area contributed by atoms with Crippen molar-refractivity contribution in [1.29, 1.82) is 0 Å². The van der Waals surface area contributed by atoms with Gasteiger partial charge in [-0.1, -0.05) is 24.4 Å². The Labute approximate surface area is 153 Å². The number of nitrogens with zero attached hydrogens (tertiary/aromatic N) is 2. The van der Waals surface area contributed by atoms with Crippen LogP contribution in [0.3, 0.4) is 0 Å². The van der Waals surface area contributed by atoms with Gasteiger partial charge in [-0.15, -0.1) is 0 Å². The van der Waals surface area contributed by atoms with Gasteiger partial charge in [0.25, 0.3) is 5.91 Å². The first-order valence-corrected chi connectivity index (χ1v) is 8.47. The second-order valence-electron chi connectivity index (χ2n) is 6.06. The number of benzene rings is 1. The van der Waals surface area contributed by atoms with E-state index >= 15 is 0 Å². The Hall–Kier alpha value is -2.35. The molecule has 1 aliphatic rings. The van der Waals surface area contributed by atoms with Gasteiger partial charge in [-0.2, -0.15) is 13.2 Å². The summed E-state index contributed by atoms with van der Waals surface area (Å²) in [5.74, 6) is -0.128. The predicted octanol–water partition coefficient (Wildman–Crippen LogP) is 4.56. The van der Waals surface area contributed by atoms with Gasteiger partial charge < -0.3 is 10.6 Å². The minimum Gasteiger partial charge on any atom is -0.348 e. The molecule has 3 rings (SSSR count). The zero-order valence-corrected chi connectivity index (χ0v) is 14.4. The summed E-state index contributed by atoms with van der Waals surface area (Å²) in [5.41, 5.74) is -0.624. The van der Waals surface area contributed by atoms with Gasteiger partial charge in [-0.25, -0.2) is 9.97 Å². The van der Waals surface area contributed by atoms with Crippen LogP contribution in [0.15, 0.2) is 30.6 Å². The third-order valence-electron chi connectivity index (χ3n) is 4.13. The number of rotatable bonds is 4. The number of amides is 1. The van der Waals surface area contributed by atoms with Gasteiger partial charge in [0.2, 0.25) is 0 Å². The number of carbonyl (C=O) groups excluding carboxylic acids is 1. The predicted molar refractivity (Wildman–Crippen MR) is 91.5 cm³/mol. The molecule has 1 heterocycles. The summed E-state index contributed by atoms with van der Waals surface area (Å²) in [6.45, 7) is 0. The van der Waals surface area contributed by atoms with Crippen molar-refractivity contribution in [3.63, 3.8) is 0 Å². The van der Waals surface area contributed by atoms with E-state index in [1.165, 1.54) is 12.4 Å². The Morgan fingerprint density at radius 3 is 2.50 bits per heavy atom. The van der Waals surface area contributed by atoms with Crippen LogP contribution in [0.1, 0.15) is 41.7 Å². The van der Waals surface area contributed by atoms with Crippen LogP contribution in [-0.4, -0.2) is 21.9 Å². The molecule has 1 aromatic heterocycles. The molecule has 5 nitrogen and oxygen atoms in total. The average Bonchev–Trinajstić information content (AvgIpc) is 3.09. The molecule has 1 aliphatic carbocycles. The molecule has 0 bridgehead atoms. The van der Waals surface area contributed by atoms with Gasteiger partial charge in [0.1, 0.15) is 11.5 Å².